The van der Waals surface area contributed by atoms with Gasteiger partial charge in [-0.15, -0.1) is 0 Å². The zero-order valence-corrected chi connectivity index (χ0v) is 10.8. The van der Waals surface area contributed by atoms with Gasteiger partial charge in [-0.1, -0.05) is 12.1 Å². The van der Waals surface area contributed by atoms with Gasteiger partial charge in [-0.05, 0) is 18.6 Å². The fraction of sp³-hybridized carbons (Fsp3) is 0.417. The second kappa shape index (κ2) is 4.68. The van der Waals surface area contributed by atoms with Crippen LogP contribution in [0.4, 0.5) is 4.39 Å². The highest BCUT2D eigenvalue weighted by atomic mass is 32.2. The van der Waals surface area contributed by atoms with Crippen molar-refractivity contribution < 1.29 is 17.6 Å². The van der Waals surface area contributed by atoms with E-state index in [1.807, 2.05) is 0 Å². The summed E-state index contributed by atoms with van der Waals surface area (Å²) in [5, 5.41) is 0. The van der Waals surface area contributed by atoms with Gasteiger partial charge in [-0.3, -0.25) is 4.79 Å². The number of halogens is 1. The first-order chi connectivity index (χ1) is 8.41. The van der Waals surface area contributed by atoms with Gasteiger partial charge in [0.15, 0.2) is 9.84 Å². The van der Waals surface area contributed by atoms with Crippen molar-refractivity contribution >= 4 is 15.7 Å². The second-order valence-corrected chi connectivity index (χ2v) is 6.68. The number of rotatable bonds is 2. The molecule has 0 aliphatic carbocycles. The van der Waals surface area contributed by atoms with Crippen LogP contribution in [0.1, 0.15) is 16.8 Å². The standard InChI is InChI=1S/C12H14FNO3S/c1-14(9-6-7-18(16,17)8-9)12(15)10-4-2-3-5-11(10)13/h2-5,9H,6-8H2,1H3/t9-/m0/s1. The number of benzene rings is 1. The van der Waals surface area contributed by atoms with Gasteiger partial charge in [0, 0.05) is 13.1 Å². The van der Waals surface area contributed by atoms with Crippen LogP contribution < -0.4 is 0 Å². The van der Waals surface area contributed by atoms with Crippen LogP contribution in [0.25, 0.3) is 0 Å². The van der Waals surface area contributed by atoms with E-state index in [2.05, 4.69) is 0 Å². The summed E-state index contributed by atoms with van der Waals surface area (Å²) in [4.78, 5) is 13.4. The third-order valence-corrected chi connectivity index (χ3v) is 4.93. The van der Waals surface area contributed by atoms with Crippen LogP contribution in [0, 0.1) is 5.82 Å². The van der Waals surface area contributed by atoms with E-state index in [0.717, 1.165) is 0 Å². The Morgan fingerprint density at radius 2 is 2.06 bits per heavy atom. The number of carbonyl (C=O) groups is 1. The summed E-state index contributed by atoms with van der Waals surface area (Å²) in [6, 6.07) is 5.34. The zero-order valence-electron chi connectivity index (χ0n) is 9.97. The Labute approximate surface area is 105 Å². The summed E-state index contributed by atoms with van der Waals surface area (Å²) in [7, 11) is -1.54. The quantitative estimate of drug-likeness (QED) is 0.809. The number of hydrogen-bond donors (Lipinski definition) is 0. The van der Waals surface area contributed by atoms with Crippen molar-refractivity contribution in [2.75, 3.05) is 18.6 Å². The average molecular weight is 271 g/mol. The van der Waals surface area contributed by atoms with Gasteiger partial charge in [0.25, 0.3) is 5.91 Å². The van der Waals surface area contributed by atoms with Gasteiger partial charge in [0.1, 0.15) is 5.82 Å². The van der Waals surface area contributed by atoms with Crippen molar-refractivity contribution in [2.24, 2.45) is 0 Å². The molecule has 18 heavy (non-hydrogen) atoms. The van der Waals surface area contributed by atoms with Crippen molar-refractivity contribution in [3.63, 3.8) is 0 Å². The molecular formula is C12H14FNO3S. The molecule has 0 saturated carbocycles. The van der Waals surface area contributed by atoms with E-state index in [4.69, 9.17) is 0 Å². The Kier molecular flexibility index (Phi) is 3.38. The zero-order chi connectivity index (χ0) is 13.3. The fourth-order valence-corrected chi connectivity index (χ4v) is 3.85. The maximum atomic E-state index is 13.5. The molecule has 6 heteroatoms. The second-order valence-electron chi connectivity index (χ2n) is 4.45. The number of hydrogen-bond acceptors (Lipinski definition) is 3. The molecule has 1 fully saturated rings. The van der Waals surface area contributed by atoms with Crippen LogP contribution >= 0.6 is 0 Å². The summed E-state index contributed by atoms with van der Waals surface area (Å²) < 4.78 is 36.2. The molecule has 1 atom stereocenters. The first-order valence-corrected chi connectivity index (χ1v) is 7.45. The van der Waals surface area contributed by atoms with E-state index >= 15 is 0 Å². The van der Waals surface area contributed by atoms with Crippen molar-refractivity contribution in [3.05, 3.63) is 35.6 Å². The lowest BCUT2D eigenvalue weighted by Gasteiger charge is -2.23. The maximum Gasteiger partial charge on any atom is 0.256 e. The third kappa shape index (κ3) is 2.53. The SMILES string of the molecule is CN(C(=O)c1ccccc1F)[C@H]1CCS(=O)(=O)C1. The van der Waals surface area contributed by atoms with E-state index in [-0.39, 0.29) is 23.1 Å². The van der Waals surface area contributed by atoms with Crippen molar-refractivity contribution in [1.82, 2.24) is 4.90 Å². The molecule has 1 aliphatic rings. The summed E-state index contributed by atoms with van der Waals surface area (Å²) in [5.74, 6) is -1.01. The Morgan fingerprint density at radius 1 is 1.39 bits per heavy atom. The highest BCUT2D eigenvalue weighted by Crippen LogP contribution is 2.19. The topological polar surface area (TPSA) is 54.5 Å². The highest BCUT2D eigenvalue weighted by molar-refractivity contribution is 7.91. The van der Waals surface area contributed by atoms with Crippen LogP contribution in [-0.2, 0) is 9.84 Å². The molecule has 0 spiro atoms. The van der Waals surface area contributed by atoms with Gasteiger partial charge < -0.3 is 4.90 Å². The molecule has 0 aromatic heterocycles. The summed E-state index contributed by atoms with van der Waals surface area (Å²) in [6.45, 7) is 0. The lowest BCUT2D eigenvalue weighted by molar-refractivity contribution is 0.0743. The minimum absolute atomic E-state index is 0.0238. The van der Waals surface area contributed by atoms with Crippen LogP contribution in [0.5, 0.6) is 0 Å². The highest BCUT2D eigenvalue weighted by Gasteiger charge is 2.33. The predicted octanol–water partition coefficient (Wildman–Crippen LogP) is 1.08. The largest absolute Gasteiger partial charge is 0.338 e. The Bertz CT molecular complexity index is 570. The lowest BCUT2D eigenvalue weighted by atomic mass is 10.1. The van der Waals surface area contributed by atoms with E-state index < -0.39 is 21.6 Å². The molecule has 0 N–H and O–H groups in total. The number of carbonyl (C=O) groups excluding carboxylic acids is 1. The van der Waals surface area contributed by atoms with Gasteiger partial charge >= 0.3 is 0 Å². The first-order valence-electron chi connectivity index (χ1n) is 5.63. The number of amides is 1. The minimum Gasteiger partial charge on any atom is -0.338 e. The monoisotopic (exact) mass is 271 g/mol. The molecular weight excluding hydrogens is 257 g/mol. The lowest BCUT2D eigenvalue weighted by Crippen LogP contribution is -2.38. The van der Waals surface area contributed by atoms with Gasteiger partial charge in [0.05, 0.1) is 17.1 Å². The number of sulfone groups is 1. The molecule has 0 bridgehead atoms. The van der Waals surface area contributed by atoms with Crippen LogP contribution in [0.15, 0.2) is 24.3 Å². The van der Waals surface area contributed by atoms with E-state index in [9.17, 15) is 17.6 Å². The van der Waals surface area contributed by atoms with Crippen LogP contribution in [0.3, 0.4) is 0 Å². The van der Waals surface area contributed by atoms with Gasteiger partial charge in [-0.2, -0.15) is 0 Å². The molecule has 1 amide bonds. The molecule has 1 saturated heterocycles. The van der Waals surface area contributed by atoms with Crippen molar-refractivity contribution in [2.45, 2.75) is 12.5 Å². The molecule has 4 nitrogen and oxygen atoms in total. The average Bonchev–Trinajstić information content (AvgIpc) is 2.68. The molecule has 1 heterocycles. The smallest absolute Gasteiger partial charge is 0.256 e. The summed E-state index contributed by atoms with van der Waals surface area (Å²) >= 11 is 0. The van der Waals surface area contributed by atoms with Crippen LogP contribution in [0.2, 0.25) is 0 Å². The van der Waals surface area contributed by atoms with E-state index in [1.54, 1.807) is 6.07 Å². The summed E-state index contributed by atoms with van der Waals surface area (Å²) in [6.07, 6.45) is 0.416. The minimum atomic E-state index is -3.05. The van der Waals surface area contributed by atoms with E-state index in [1.165, 1.54) is 30.1 Å². The van der Waals surface area contributed by atoms with Crippen LogP contribution in [-0.4, -0.2) is 43.8 Å². The molecule has 98 valence electrons. The molecule has 1 aromatic carbocycles. The molecule has 0 radical (unpaired) electrons. The van der Waals surface area contributed by atoms with Crippen molar-refractivity contribution in [1.29, 1.82) is 0 Å². The van der Waals surface area contributed by atoms with Gasteiger partial charge in [-0.25, -0.2) is 12.8 Å². The maximum absolute atomic E-state index is 13.5. The Balaban J connectivity index is 2.18. The Morgan fingerprint density at radius 3 is 2.61 bits per heavy atom. The molecule has 0 unspecified atom stereocenters. The van der Waals surface area contributed by atoms with Crippen molar-refractivity contribution in [3.8, 4) is 0 Å². The first kappa shape index (κ1) is 13.0. The third-order valence-electron chi connectivity index (χ3n) is 3.18. The molecule has 2 rings (SSSR count). The fourth-order valence-electron chi connectivity index (χ4n) is 2.07. The molecule has 1 aromatic rings. The number of nitrogens with zero attached hydrogens (tertiary/aromatic N) is 1. The molecule has 1 aliphatic heterocycles. The van der Waals surface area contributed by atoms with Gasteiger partial charge in [0.2, 0.25) is 0 Å². The Hall–Kier alpha value is -1.43. The summed E-state index contributed by atoms with van der Waals surface area (Å²) in [5.41, 5.74) is -0.0238. The van der Waals surface area contributed by atoms with E-state index in [0.29, 0.717) is 6.42 Å². The normalized spacial score (nSPS) is 21.8. The predicted molar refractivity (Wildman–Crippen MR) is 65.6 cm³/mol.